The van der Waals surface area contributed by atoms with Gasteiger partial charge in [-0.25, -0.2) is 18.4 Å². The second-order valence-corrected chi connectivity index (χ2v) is 10.8. The first-order valence-corrected chi connectivity index (χ1v) is 13.6. The maximum Gasteiger partial charge on any atom is 0.294 e. The fourth-order valence-corrected chi connectivity index (χ4v) is 5.47. The first-order chi connectivity index (χ1) is 19.0. The highest BCUT2D eigenvalue weighted by Crippen LogP contribution is 2.34. The summed E-state index contributed by atoms with van der Waals surface area (Å²) in [5, 5.41) is 15.6. The minimum Gasteiger partial charge on any atom is -0.381 e. The molecule has 9 nitrogen and oxygen atoms in total. The molecule has 1 N–H and O–H groups in total. The molecule has 1 atom stereocenters. The van der Waals surface area contributed by atoms with Gasteiger partial charge in [0, 0.05) is 28.2 Å². The van der Waals surface area contributed by atoms with Gasteiger partial charge in [0.25, 0.3) is 11.1 Å². The van der Waals surface area contributed by atoms with Crippen molar-refractivity contribution in [1.29, 1.82) is 0 Å². The molecule has 4 rings (SSSR count). The maximum atomic E-state index is 14.8. The molecule has 1 aliphatic heterocycles. The van der Waals surface area contributed by atoms with E-state index < -0.39 is 47.4 Å². The number of aromatic nitrogens is 3. The highest BCUT2D eigenvalue weighted by Gasteiger charge is 2.40. The lowest BCUT2D eigenvalue weighted by Crippen LogP contribution is -2.50. The lowest BCUT2D eigenvalue weighted by molar-refractivity contribution is -0.139. The van der Waals surface area contributed by atoms with E-state index in [9.17, 15) is 28.3 Å². The molecule has 0 spiro atoms. The van der Waals surface area contributed by atoms with E-state index in [1.54, 1.807) is 19.1 Å². The average molecular weight is 610 g/mol. The van der Waals surface area contributed by atoms with Gasteiger partial charge in [0.05, 0.1) is 18.0 Å². The van der Waals surface area contributed by atoms with Crippen molar-refractivity contribution in [3.63, 3.8) is 0 Å². The molecular formula is C26H23Cl2F2N5O4S. The van der Waals surface area contributed by atoms with E-state index >= 15 is 0 Å². The maximum absolute atomic E-state index is 14.8. The van der Waals surface area contributed by atoms with Crippen molar-refractivity contribution in [3.05, 3.63) is 86.8 Å². The largest absolute Gasteiger partial charge is 0.381 e. The predicted molar refractivity (Wildman–Crippen MR) is 146 cm³/mol. The molecule has 0 aliphatic carbocycles. The molecular weight excluding hydrogens is 587 g/mol. The van der Waals surface area contributed by atoms with Crippen molar-refractivity contribution in [2.45, 2.75) is 25.5 Å². The van der Waals surface area contributed by atoms with Crippen molar-refractivity contribution in [3.8, 4) is 0 Å². The molecule has 0 bridgehead atoms. The van der Waals surface area contributed by atoms with E-state index in [0.29, 0.717) is 34.8 Å². The van der Waals surface area contributed by atoms with E-state index in [1.165, 1.54) is 34.4 Å². The molecule has 40 heavy (non-hydrogen) atoms. The molecule has 1 saturated heterocycles. The number of aliphatic hydroxyl groups is 1. The predicted octanol–water partition coefficient (Wildman–Crippen LogP) is 4.73. The van der Waals surface area contributed by atoms with Gasteiger partial charge in [0.1, 0.15) is 36.4 Å². The first-order valence-electron chi connectivity index (χ1n) is 12.0. The quantitative estimate of drug-likeness (QED) is 0.331. The van der Waals surface area contributed by atoms with E-state index in [4.69, 9.17) is 23.2 Å². The molecule has 2 heterocycles. The van der Waals surface area contributed by atoms with Crippen LogP contribution in [-0.4, -0.2) is 66.4 Å². The summed E-state index contributed by atoms with van der Waals surface area (Å²) in [4.78, 5) is 45.0. The van der Waals surface area contributed by atoms with Crippen LogP contribution in [0.1, 0.15) is 24.5 Å². The summed E-state index contributed by atoms with van der Waals surface area (Å²) < 4.78 is 29.7. The SMILES string of the molecule is CCCN(CC(O)(Cn1cncn1)c1ccc(F)cc1F)C(=O)CN1C(=O)SC(=Cc2ccc(Cl)cc2Cl)C1=O. The second kappa shape index (κ2) is 12.5. The molecule has 2 aromatic carbocycles. The van der Waals surface area contributed by atoms with Gasteiger partial charge in [-0.2, -0.15) is 5.10 Å². The van der Waals surface area contributed by atoms with Gasteiger partial charge in [-0.15, -0.1) is 0 Å². The lowest BCUT2D eigenvalue weighted by Gasteiger charge is -2.35. The Bertz CT molecular complexity index is 1470. The van der Waals surface area contributed by atoms with Gasteiger partial charge >= 0.3 is 0 Å². The van der Waals surface area contributed by atoms with Crippen LogP contribution in [0.5, 0.6) is 0 Å². The summed E-state index contributed by atoms with van der Waals surface area (Å²) in [6, 6.07) is 7.40. The number of benzene rings is 2. The third kappa shape index (κ3) is 6.69. The normalized spacial score (nSPS) is 16.1. The Labute approximate surface area is 242 Å². The summed E-state index contributed by atoms with van der Waals surface area (Å²) in [5.41, 5.74) is -1.84. The van der Waals surface area contributed by atoms with Crippen LogP contribution < -0.4 is 0 Å². The van der Waals surface area contributed by atoms with E-state index in [2.05, 4.69) is 10.1 Å². The monoisotopic (exact) mass is 609 g/mol. The molecule has 1 unspecified atom stereocenters. The van der Waals surface area contributed by atoms with E-state index in [1.807, 2.05) is 0 Å². The van der Waals surface area contributed by atoms with Crippen LogP contribution in [0, 0.1) is 11.6 Å². The smallest absolute Gasteiger partial charge is 0.294 e. The van der Waals surface area contributed by atoms with Crippen LogP contribution in [0.4, 0.5) is 13.6 Å². The van der Waals surface area contributed by atoms with Gasteiger partial charge < -0.3 is 10.0 Å². The van der Waals surface area contributed by atoms with Crippen LogP contribution in [0.25, 0.3) is 6.08 Å². The van der Waals surface area contributed by atoms with Gasteiger partial charge in [-0.3, -0.25) is 19.3 Å². The number of rotatable bonds is 10. The molecule has 0 radical (unpaired) electrons. The highest BCUT2D eigenvalue weighted by atomic mass is 35.5. The van der Waals surface area contributed by atoms with Crippen LogP contribution in [0.15, 0.2) is 54.0 Å². The highest BCUT2D eigenvalue weighted by molar-refractivity contribution is 8.18. The Morgan fingerprint density at radius 1 is 1.20 bits per heavy atom. The van der Waals surface area contributed by atoms with Gasteiger partial charge in [0.15, 0.2) is 0 Å². The second-order valence-electron chi connectivity index (χ2n) is 9.00. The van der Waals surface area contributed by atoms with E-state index in [-0.39, 0.29) is 28.6 Å². The topological polar surface area (TPSA) is 109 Å². The number of nitrogens with zero attached hydrogens (tertiary/aromatic N) is 5. The number of thioether (sulfide) groups is 1. The zero-order valence-corrected chi connectivity index (χ0v) is 23.4. The Balaban J connectivity index is 1.57. The molecule has 1 fully saturated rings. The number of carbonyl (C=O) groups is 3. The van der Waals surface area contributed by atoms with Crippen molar-refractivity contribution in [2.75, 3.05) is 19.6 Å². The summed E-state index contributed by atoms with van der Waals surface area (Å²) in [5.74, 6) is -3.19. The third-order valence-corrected chi connectivity index (χ3v) is 7.51. The molecule has 14 heteroatoms. The van der Waals surface area contributed by atoms with Crippen molar-refractivity contribution in [2.24, 2.45) is 0 Å². The Kier molecular flexibility index (Phi) is 9.24. The van der Waals surface area contributed by atoms with E-state index in [0.717, 1.165) is 17.0 Å². The summed E-state index contributed by atoms with van der Waals surface area (Å²) >= 11 is 12.8. The van der Waals surface area contributed by atoms with Crippen molar-refractivity contribution >= 4 is 58.1 Å². The Morgan fingerprint density at radius 3 is 2.62 bits per heavy atom. The van der Waals surface area contributed by atoms with Crippen LogP contribution in [0.3, 0.4) is 0 Å². The minimum atomic E-state index is -2.06. The zero-order chi connectivity index (χ0) is 29.0. The number of halogens is 4. The van der Waals surface area contributed by atoms with Crippen molar-refractivity contribution < 1.29 is 28.3 Å². The number of hydrogen-bond donors (Lipinski definition) is 1. The van der Waals surface area contributed by atoms with Gasteiger partial charge in [-0.05, 0) is 48.0 Å². The standard InChI is InChI=1S/C26H23Cl2F2N5O4S/c1-2-7-33(12-26(39,13-34-15-31-14-32-34)19-6-5-18(29)10-21(19)30)23(36)11-35-24(37)22(40-25(35)38)8-16-3-4-17(27)9-20(16)28/h3-6,8-10,14-15,39H,2,7,11-13H2,1H3. The molecule has 3 aromatic rings. The van der Waals surface area contributed by atoms with Crippen molar-refractivity contribution in [1.82, 2.24) is 24.6 Å². The fourth-order valence-electron chi connectivity index (χ4n) is 4.18. The Morgan fingerprint density at radius 2 is 1.98 bits per heavy atom. The minimum absolute atomic E-state index is 0.0696. The van der Waals surface area contributed by atoms with Crippen LogP contribution >= 0.6 is 35.0 Å². The zero-order valence-electron chi connectivity index (χ0n) is 21.1. The third-order valence-electron chi connectivity index (χ3n) is 6.04. The van der Waals surface area contributed by atoms with Gasteiger partial charge in [-0.1, -0.05) is 42.3 Å². The molecule has 210 valence electrons. The molecule has 0 saturated carbocycles. The molecule has 1 aliphatic rings. The summed E-state index contributed by atoms with van der Waals surface area (Å²) in [7, 11) is 0. The van der Waals surface area contributed by atoms with Crippen LogP contribution in [0.2, 0.25) is 10.0 Å². The number of carbonyl (C=O) groups excluding carboxylic acids is 3. The average Bonchev–Trinajstić information content (AvgIpc) is 3.48. The lowest BCUT2D eigenvalue weighted by atomic mass is 9.92. The Hall–Kier alpha value is -3.32. The fraction of sp³-hybridized carbons (Fsp3) is 0.269. The van der Waals surface area contributed by atoms with Crippen LogP contribution in [-0.2, 0) is 21.7 Å². The number of hydrogen-bond acceptors (Lipinski definition) is 7. The number of imide groups is 1. The number of amides is 3. The van der Waals surface area contributed by atoms with Gasteiger partial charge in [0.2, 0.25) is 5.91 Å². The summed E-state index contributed by atoms with van der Waals surface area (Å²) in [6.07, 6.45) is 4.42. The molecule has 3 amide bonds. The summed E-state index contributed by atoms with van der Waals surface area (Å²) in [6.45, 7) is 0.549. The first kappa shape index (κ1) is 29.7. The molecule has 1 aromatic heterocycles.